The highest BCUT2D eigenvalue weighted by atomic mass is 16.5. The SMILES string of the molecule is C=CCNCC(=O)N(C(=O)OC)[C@]([C]=O)(CCCCN)C1c2ccccc2-c2ccccc21. The van der Waals surface area contributed by atoms with Gasteiger partial charge in [-0.3, -0.25) is 9.59 Å². The van der Waals surface area contributed by atoms with E-state index in [1.165, 1.54) is 7.11 Å². The molecule has 1 aliphatic carbocycles. The first kappa shape index (κ1) is 24.4. The minimum atomic E-state index is -1.60. The van der Waals surface area contributed by atoms with Crippen LogP contribution in [0.4, 0.5) is 4.79 Å². The molecule has 0 fully saturated rings. The third-order valence-corrected chi connectivity index (χ3v) is 6.07. The highest BCUT2D eigenvalue weighted by molar-refractivity contribution is 5.99. The Hall–Kier alpha value is -3.29. The number of benzene rings is 2. The normalized spacial score (nSPS) is 14.0. The van der Waals surface area contributed by atoms with Crippen molar-refractivity contribution < 1.29 is 19.1 Å². The molecule has 0 aromatic heterocycles. The lowest BCUT2D eigenvalue weighted by molar-refractivity contribution is -0.132. The Labute approximate surface area is 194 Å². The fourth-order valence-corrected chi connectivity index (χ4v) is 4.69. The van der Waals surface area contributed by atoms with Crippen molar-refractivity contribution in [1.29, 1.82) is 0 Å². The van der Waals surface area contributed by atoms with E-state index in [0.29, 0.717) is 25.9 Å². The molecule has 7 heteroatoms. The first-order valence-corrected chi connectivity index (χ1v) is 11.1. The molecule has 0 saturated carbocycles. The number of hydrogen-bond acceptors (Lipinski definition) is 6. The van der Waals surface area contributed by atoms with Crippen molar-refractivity contribution in [3.05, 3.63) is 72.3 Å². The Bertz CT molecular complexity index is 977. The van der Waals surface area contributed by atoms with E-state index in [1.54, 1.807) is 6.08 Å². The van der Waals surface area contributed by atoms with Gasteiger partial charge in [-0.05, 0) is 48.1 Å². The Morgan fingerprint density at radius 3 is 2.27 bits per heavy atom. The second-order valence-electron chi connectivity index (χ2n) is 8.00. The molecule has 33 heavy (non-hydrogen) atoms. The molecule has 1 aliphatic rings. The quantitative estimate of drug-likeness (QED) is 0.405. The van der Waals surface area contributed by atoms with Crippen LogP contribution in [0.5, 0.6) is 0 Å². The number of fused-ring (bicyclic) bond motifs is 3. The smallest absolute Gasteiger partial charge is 0.417 e. The minimum Gasteiger partial charge on any atom is -0.452 e. The Morgan fingerprint density at radius 2 is 1.76 bits per heavy atom. The second-order valence-corrected chi connectivity index (χ2v) is 8.00. The first-order valence-electron chi connectivity index (χ1n) is 11.1. The molecule has 0 saturated heterocycles. The molecule has 2 aromatic carbocycles. The molecule has 3 rings (SSSR count). The van der Waals surface area contributed by atoms with Gasteiger partial charge in [0, 0.05) is 12.5 Å². The zero-order valence-corrected chi connectivity index (χ0v) is 18.9. The molecule has 0 aliphatic heterocycles. The summed E-state index contributed by atoms with van der Waals surface area (Å²) < 4.78 is 5.00. The molecule has 0 heterocycles. The number of unbranched alkanes of at least 4 members (excludes halogenated alkanes) is 1. The number of nitrogens with zero attached hydrogens (tertiary/aromatic N) is 1. The van der Waals surface area contributed by atoms with Gasteiger partial charge in [-0.2, -0.15) is 0 Å². The third-order valence-electron chi connectivity index (χ3n) is 6.07. The van der Waals surface area contributed by atoms with Gasteiger partial charge in [0.05, 0.1) is 13.7 Å². The van der Waals surface area contributed by atoms with Gasteiger partial charge in [-0.1, -0.05) is 54.6 Å². The number of carbonyl (C=O) groups excluding carboxylic acids is 3. The summed E-state index contributed by atoms with van der Waals surface area (Å²) in [6.07, 6.45) is 4.25. The van der Waals surface area contributed by atoms with Crippen LogP contribution in [-0.2, 0) is 14.3 Å². The van der Waals surface area contributed by atoms with Gasteiger partial charge in [0.2, 0.25) is 12.2 Å². The summed E-state index contributed by atoms with van der Waals surface area (Å²) in [5, 5.41) is 2.92. The fourth-order valence-electron chi connectivity index (χ4n) is 4.69. The molecular formula is C26H30N3O4. The zero-order chi connectivity index (χ0) is 23.8. The van der Waals surface area contributed by atoms with Crippen LogP contribution in [0.2, 0.25) is 0 Å². The van der Waals surface area contributed by atoms with E-state index in [0.717, 1.165) is 27.2 Å². The van der Waals surface area contributed by atoms with Crippen LogP contribution in [0.3, 0.4) is 0 Å². The Morgan fingerprint density at radius 1 is 1.15 bits per heavy atom. The van der Waals surface area contributed by atoms with Crippen molar-refractivity contribution in [2.24, 2.45) is 5.73 Å². The average Bonchev–Trinajstić information content (AvgIpc) is 3.18. The summed E-state index contributed by atoms with van der Waals surface area (Å²) in [5.74, 6) is -1.15. The number of nitrogens with one attached hydrogen (secondary N) is 1. The summed E-state index contributed by atoms with van der Waals surface area (Å²) >= 11 is 0. The average molecular weight is 449 g/mol. The Kier molecular flexibility index (Phi) is 8.14. The number of imide groups is 1. The van der Waals surface area contributed by atoms with E-state index < -0.39 is 23.5 Å². The molecule has 173 valence electrons. The van der Waals surface area contributed by atoms with Gasteiger partial charge >= 0.3 is 6.09 Å². The summed E-state index contributed by atoms with van der Waals surface area (Å²) in [5.41, 5.74) is 7.80. The molecule has 2 amide bonds. The maximum absolute atomic E-state index is 13.4. The monoisotopic (exact) mass is 448 g/mol. The van der Waals surface area contributed by atoms with Crippen LogP contribution in [0.25, 0.3) is 11.1 Å². The topological polar surface area (TPSA) is 102 Å². The predicted molar refractivity (Wildman–Crippen MR) is 127 cm³/mol. The van der Waals surface area contributed by atoms with Crippen LogP contribution in [0, 0.1) is 0 Å². The summed E-state index contributed by atoms with van der Waals surface area (Å²) in [7, 11) is 1.20. The molecule has 3 N–H and O–H groups in total. The van der Waals surface area contributed by atoms with Crippen molar-refractivity contribution >= 4 is 18.3 Å². The number of hydrogen-bond donors (Lipinski definition) is 2. The number of carbonyl (C=O) groups is 2. The lowest BCUT2D eigenvalue weighted by Gasteiger charge is -2.42. The minimum absolute atomic E-state index is 0.155. The third kappa shape index (κ3) is 4.60. The van der Waals surface area contributed by atoms with Gasteiger partial charge in [0.1, 0.15) is 5.54 Å². The fraction of sp³-hybridized carbons (Fsp3) is 0.346. The molecule has 2 aromatic rings. The molecule has 0 spiro atoms. The van der Waals surface area contributed by atoms with Gasteiger partial charge in [0.25, 0.3) is 0 Å². The van der Waals surface area contributed by atoms with E-state index >= 15 is 0 Å². The molecule has 1 atom stereocenters. The number of ether oxygens (including phenoxy) is 1. The molecule has 1 radical (unpaired) electrons. The summed E-state index contributed by atoms with van der Waals surface area (Å²) in [6.45, 7) is 4.28. The van der Waals surface area contributed by atoms with Gasteiger partial charge in [0.15, 0.2) is 0 Å². The lowest BCUT2D eigenvalue weighted by atomic mass is 9.74. The largest absolute Gasteiger partial charge is 0.452 e. The van der Waals surface area contributed by atoms with Crippen LogP contribution < -0.4 is 11.1 Å². The van der Waals surface area contributed by atoms with Crippen molar-refractivity contribution in [3.63, 3.8) is 0 Å². The highest BCUT2D eigenvalue weighted by Crippen LogP contribution is 2.52. The standard InChI is InChI=1S/C26H30N3O4/c1-3-16-28-17-23(31)29(25(32)33-2)26(18-30,14-8-9-15-27)24-21-12-6-4-10-19(21)20-11-5-7-13-22(20)24/h3-7,10-13,24,28H,1,8-9,14-17,27H2,2H3/t26-/m0/s1. The highest BCUT2D eigenvalue weighted by Gasteiger charge is 2.54. The molecular weight excluding hydrogens is 418 g/mol. The lowest BCUT2D eigenvalue weighted by Crippen LogP contribution is -2.60. The maximum atomic E-state index is 13.4. The molecule has 0 unspecified atom stereocenters. The number of nitrogens with two attached hydrogens (primary N) is 1. The van der Waals surface area contributed by atoms with Crippen LogP contribution in [0.15, 0.2) is 61.2 Å². The Balaban J connectivity index is 2.21. The van der Waals surface area contributed by atoms with E-state index in [-0.39, 0.29) is 13.0 Å². The van der Waals surface area contributed by atoms with Crippen LogP contribution in [-0.4, -0.2) is 55.5 Å². The van der Waals surface area contributed by atoms with E-state index in [2.05, 4.69) is 18.2 Å². The van der Waals surface area contributed by atoms with Gasteiger partial charge < -0.3 is 15.8 Å². The van der Waals surface area contributed by atoms with Crippen LogP contribution in [0.1, 0.15) is 36.3 Å². The number of methoxy groups -OCH3 is 1. The first-order chi connectivity index (χ1) is 16.1. The molecule has 0 bridgehead atoms. The molecule has 7 nitrogen and oxygen atoms in total. The van der Waals surface area contributed by atoms with Crippen molar-refractivity contribution in [2.45, 2.75) is 30.7 Å². The van der Waals surface area contributed by atoms with Gasteiger partial charge in [-0.25, -0.2) is 9.69 Å². The van der Waals surface area contributed by atoms with Gasteiger partial charge in [-0.15, -0.1) is 6.58 Å². The summed E-state index contributed by atoms with van der Waals surface area (Å²) in [6, 6.07) is 15.5. The van der Waals surface area contributed by atoms with Crippen molar-refractivity contribution in [3.8, 4) is 11.1 Å². The van der Waals surface area contributed by atoms with E-state index in [4.69, 9.17) is 10.5 Å². The zero-order valence-electron chi connectivity index (χ0n) is 18.9. The maximum Gasteiger partial charge on any atom is 0.417 e. The van der Waals surface area contributed by atoms with Crippen molar-refractivity contribution in [1.82, 2.24) is 10.2 Å². The van der Waals surface area contributed by atoms with E-state index in [1.807, 2.05) is 48.5 Å². The number of amides is 2. The van der Waals surface area contributed by atoms with Crippen molar-refractivity contribution in [2.75, 3.05) is 26.7 Å². The van der Waals surface area contributed by atoms with E-state index in [9.17, 15) is 14.4 Å². The number of rotatable bonds is 11. The second kappa shape index (κ2) is 11.0. The van der Waals surface area contributed by atoms with Crippen LogP contribution >= 0.6 is 0 Å². The summed E-state index contributed by atoms with van der Waals surface area (Å²) in [4.78, 5) is 40.3. The predicted octanol–water partition coefficient (Wildman–Crippen LogP) is 3.15.